The fraction of sp³-hybridized carbons (Fsp3) is 0.450. The smallest absolute Gasteiger partial charge is 0.240 e. The Morgan fingerprint density at radius 1 is 1.26 bits per heavy atom. The average Bonchev–Trinajstić information content (AvgIpc) is 3.29. The van der Waals surface area contributed by atoms with E-state index in [4.69, 9.17) is 23.8 Å². The van der Waals surface area contributed by atoms with Crippen molar-refractivity contribution in [2.75, 3.05) is 12.8 Å². The van der Waals surface area contributed by atoms with Crippen LogP contribution in [0.25, 0.3) is 11.4 Å². The maximum Gasteiger partial charge on any atom is 0.240 e. The number of amides is 1. The maximum absolute atomic E-state index is 12.5. The van der Waals surface area contributed by atoms with Crippen molar-refractivity contribution in [3.63, 3.8) is 0 Å². The second-order valence-electron chi connectivity index (χ2n) is 7.51. The standard InChI is InChI=1S/C20H26ClN7OS2/c1-13(2)11-27-16(23-26-20(27)31-3)5-4-10-22-17(29)12-28-18(24-25-19(28)30)14-6-8-15(21)9-7-14/h6-9,13H,4-5,10-12H2,1-3H3,(H,22,29)(H,25,30). The quantitative estimate of drug-likeness (QED) is 0.259. The minimum atomic E-state index is -0.124. The Bertz CT molecular complexity index is 1070. The second kappa shape index (κ2) is 10.9. The third kappa shape index (κ3) is 6.18. The number of benzene rings is 1. The Labute approximate surface area is 195 Å². The fourth-order valence-electron chi connectivity index (χ4n) is 3.16. The number of nitrogens with one attached hydrogen (secondary N) is 2. The van der Waals surface area contributed by atoms with Crippen molar-refractivity contribution in [2.45, 2.75) is 44.9 Å². The molecule has 3 aromatic rings. The van der Waals surface area contributed by atoms with E-state index in [0.29, 0.717) is 28.1 Å². The van der Waals surface area contributed by atoms with E-state index in [1.165, 1.54) is 0 Å². The van der Waals surface area contributed by atoms with Crippen molar-refractivity contribution in [3.8, 4) is 11.4 Å². The summed E-state index contributed by atoms with van der Waals surface area (Å²) in [6.07, 6.45) is 3.53. The van der Waals surface area contributed by atoms with Gasteiger partial charge in [-0.2, -0.15) is 5.10 Å². The van der Waals surface area contributed by atoms with Gasteiger partial charge in [0, 0.05) is 30.1 Å². The topological polar surface area (TPSA) is 93.4 Å². The average molecular weight is 480 g/mol. The lowest BCUT2D eigenvalue weighted by Gasteiger charge is -2.12. The minimum Gasteiger partial charge on any atom is -0.355 e. The molecule has 0 unspecified atom stereocenters. The molecule has 0 aliphatic rings. The number of aryl methyl sites for hydroxylation is 1. The van der Waals surface area contributed by atoms with E-state index in [0.717, 1.165) is 35.9 Å². The number of carbonyl (C=O) groups is 1. The summed E-state index contributed by atoms with van der Waals surface area (Å²) in [5, 5.41) is 20.1. The van der Waals surface area contributed by atoms with Crippen LogP contribution >= 0.6 is 35.6 Å². The van der Waals surface area contributed by atoms with Gasteiger partial charge in [-0.1, -0.05) is 37.2 Å². The molecule has 1 aromatic carbocycles. The molecule has 0 aliphatic carbocycles. The van der Waals surface area contributed by atoms with Crippen molar-refractivity contribution in [1.82, 2.24) is 34.8 Å². The zero-order valence-corrected chi connectivity index (χ0v) is 20.1. The number of thioether (sulfide) groups is 1. The number of nitrogens with zero attached hydrogens (tertiary/aromatic N) is 5. The summed E-state index contributed by atoms with van der Waals surface area (Å²) < 4.78 is 4.24. The van der Waals surface area contributed by atoms with E-state index in [9.17, 15) is 4.79 Å². The molecule has 0 saturated heterocycles. The predicted octanol–water partition coefficient (Wildman–Crippen LogP) is 3.98. The van der Waals surface area contributed by atoms with Crippen molar-refractivity contribution in [1.29, 1.82) is 0 Å². The zero-order chi connectivity index (χ0) is 22.4. The SMILES string of the molecule is CSc1nnc(CCCNC(=O)Cn2c(-c3ccc(Cl)cc3)n[nH]c2=S)n1CC(C)C. The van der Waals surface area contributed by atoms with Crippen LogP contribution in [0.1, 0.15) is 26.1 Å². The molecule has 0 spiro atoms. The van der Waals surface area contributed by atoms with Gasteiger partial charge in [-0.3, -0.25) is 14.5 Å². The predicted molar refractivity (Wildman–Crippen MR) is 126 cm³/mol. The van der Waals surface area contributed by atoms with E-state index < -0.39 is 0 Å². The Balaban J connectivity index is 1.55. The molecule has 0 atom stereocenters. The lowest BCUT2D eigenvalue weighted by atomic mass is 10.2. The summed E-state index contributed by atoms with van der Waals surface area (Å²) in [5.41, 5.74) is 0.832. The monoisotopic (exact) mass is 479 g/mol. The van der Waals surface area contributed by atoms with Crippen molar-refractivity contribution < 1.29 is 4.79 Å². The highest BCUT2D eigenvalue weighted by Crippen LogP contribution is 2.20. The highest BCUT2D eigenvalue weighted by atomic mass is 35.5. The number of halogens is 1. The number of hydrogen-bond acceptors (Lipinski definition) is 6. The third-order valence-corrected chi connectivity index (χ3v) is 5.82. The number of aromatic nitrogens is 6. The van der Waals surface area contributed by atoms with Crippen molar-refractivity contribution in [3.05, 3.63) is 39.9 Å². The van der Waals surface area contributed by atoms with Gasteiger partial charge in [0.15, 0.2) is 15.8 Å². The van der Waals surface area contributed by atoms with Gasteiger partial charge < -0.3 is 9.88 Å². The van der Waals surface area contributed by atoms with Crippen LogP contribution in [0.15, 0.2) is 29.4 Å². The molecular formula is C20H26ClN7OS2. The molecule has 0 saturated carbocycles. The van der Waals surface area contributed by atoms with Crippen molar-refractivity contribution in [2.24, 2.45) is 5.92 Å². The Morgan fingerprint density at radius 2 is 2.00 bits per heavy atom. The number of H-pyrrole nitrogens is 1. The molecular weight excluding hydrogens is 454 g/mol. The van der Waals surface area contributed by atoms with Crippen LogP contribution in [0.5, 0.6) is 0 Å². The first-order valence-corrected chi connectivity index (χ1v) is 12.0. The largest absolute Gasteiger partial charge is 0.355 e. The number of rotatable bonds is 10. The van der Waals surface area contributed by atoms with Gasteiger partial charge in [0.05, 0.1) is 0 Å². The summed E-state index contributed by atoms with van der Waals surface area (Å²) in [6.45, 7) is 5.87. The maximum atomic E-state index is 12.5. The van der Waals surface area contributed by atoms with Gasteiger partial charge >= 0.3 is 0 Å². The number of carbonyl (C=O) groups excluding carboxylic acids is 1. The van der Waals surface area contributed by atoms with E-state index in [1.54, 1.807) is 28.5 Å². The van der Waals surface area contributed by atoms with E-state index >= 15 is 0 Å². The van der Waals surface area contributed by atoms with Gasteiger partial charge in [-0.25, -0.2) is 0 Å². The molecule has 11 heteroatoms. The van der Waals surface area contributed by atoms with Crippen molar-refractivity contribution >= 4 is 41.5 Å². The van der Waals surface area contributed by atoms with E-state index in [2.05, 4.69) is 44.1 Å². The highest BCUT2D eigenvalue weighted by molar-refractivity contribution is 7.98. The van der Waals surface area contributed by atoms with Crippen LogP contribution in [-0.2, 0) is 24.3 Å². The van der Waals surface area contributed by atoms with Crippen LogP contribution in [0.2, 0.25) is 5.02 Å². The van der Waals surface area contributed by atoms with Crippen LogP contribution in [0, 0.1) is 10.7 Å². The second-order valence-corrected chi connectivity index (χ2v) is 9.10. The zero-order valence-electron chi connectivity index (χ0n) is 17.8. The first-order valence-electron chi connectivity index (χ1n) is 10.0. The summed E-state index contributed by atoms with van der Waals surface area (Å²) in [6, 6.07) is 7.24. The number of aromatic amines is 1. The van der Waals surface area contributed by atoms with Crippen LogP contribution in [0.3, 0.4) is 0 Å². The Hall–Kier alpha value is -2.17. The molecule has 0 aliphatic heterocycles. The lowest BCUT2D eigenvalue weighted by Crippen LogP contribution is -2.29. The summed E-state index contributed by atoms with van der Waals surface area (Å²) in [7, 11) is 0. The Morgan fingerprint density at radius 3 is 2.68 bits per heavy atom. The lowest BCUT2D eigenvalue weighted by molar-refractivity contribution is -0.121. The van der Waals surface area contributed by atoms with Gasteiger partial charge in [0.1, 0.15) is 12.4 Å². The van der Waals surface area contributed by atoms with Gasteiger partial charge in [0.2, 0.25) is 5.91 Å². The molecule has 31 heavy (non-hydrogen) atoms. The summed E-state index contributed by atoms with van der Waals surface area (Å²) in [4.78, 5) is 12.5. The molecule has 8 nitrogen and oxygen atoms in total. The third-order valence-electron chi connectivity index (χ3n) is 4.59. The van der Waals surface area contributed by atoms with Crippen LogP contribution in [0.4, 0.5) is 0 Å². The fourth-order valence-corrected chi connectivity index (χ4v) is 4.01. The molecule has 0 bridgehead atoms. The normalized spacial score (nSPS) is 11.3. The molecule has 3 rings (SSSR count). The van der Waals surface area contributed by atoms with Crippen LogP contribution in [-0.4, -0.2) is 48.2 Å². The minimum absolute atomic E-state index is 0.0907. The highest BCUT2D eigenvalue weighted by Gasteiger charge is 2.14. The van der Waals surface area contributed by atoms with E-state index in [1.807, 2.05) is 18.4 Å². The Kier molecular flexibility index (Phi) is 8.28. The molecule has 2 N–H and O–H groups in total. The molecule has 2 heterocycles. The van der Waals surface area contributed by atoms with E-state index in [-0.39, 0.29) is 12.5 Å². The number of hydrogen-bond donors (Lipinski definition) is 2. The molecule has 1 amide bonds. The first kappa shape index (κ1) is 23.5. The molecule has 166 valence electrons. The summed E-state index contributed by atoms with van der Waals surface area (Å²) >= 11 is 12.9. The summed E-state index contributed by atoms with van der Waals surface area (Å²) in [5.74, 6) is 1.94. The van der Waals surface area contributed by atoms with Crippen LogP contribution < -0.4 is 5.32 Å². The molecule has 2 aromatic heterocycles. The van der Waals surface area contributed by atoms with Gasteiger partial charge in [-0.15, -0.1) is 10.2 Å². The molecule has 0 fully saturated rings. The van der Waals surface area contributed by atoms with Gasteiger partial charge in [-0.05, 0) is 55.1 Å². The van der Waals surface area contributed by atoms with Gasteiger partial charge in [0.25, 0.3) is 0 Å². The molecule has 0 radical (unpaired) electrons. The first-order chi connectivity index (χ1) is 14.9.